The van der Waals surface area contributed by atoms with Crippen molar-refractivity contribution in [2.24, 2.45) is 0 Å². The van der Waals surface area contributed by atoms with E-state index in [0.717, 1.165) is 19.4 Å². The summed E-state index contributed by atoms with van der Waals surface area (Å²) < 4.78 is 4.77. The van der Waals surface area contributed by atoms with Crippen LogP contribution in [-0.2, 0) is 14.3 Å². The molecule has 0 aromatic rings. The topological polar surface area (TPSA) is 87.7 Å². The molecule has 0 aromatic carbocycles. The minimum absolute atomic E-state index is 0.180. The molecule has 2 aliphatic heterocycles. The van der Waals surface area contributed by atoms with Crippen LogP contribution >= 0.6 is 0 Å². The number of amides is 1. The zero-order valence-corrected chi connectivity index (χ0v) is 8.73. The predicted octanol–water partition coefficient (Wildman–Crippen LogP) is -1.34. The summed E-state index contributed by atoms with van der Waals surface area (Å²) in [6.07, 6.45) is 2.22. The van der Waals surface area contributed by atoms with Crippen molar-refractivity contribution < 1.29 is 19.4 Å². The number of rotatable bonds is 3. The van der Waals surface area contributed by atoms with Gasteiger partial charge in [-0.2, -0.15) is 0 Å². The number of cyclic esters (lactones) is 1. The molecule has 2 unspecified atom stereocenters. The lowest BCUT2D eigenvalue weighted by Crippen LogP contribution is -2.42. The fourth-order valence-electron chi connectivity index (χ4n) is 1.85. The Balaban J connectivity index is 1.95. The van der Waals surface area contributed by atoms with E-state index in [0.29, 0.717) is 5.70 Å². The van der Waals surface area contributed by atoms with Crippen LogP contribution in [0, 0.1) is 0 Å². The first-order chi connectivity index (χ1) is 7.70. The highest BCUT2D eigenvalue weighted by atomic mass is 16.6. The zero-order chi connectivity index (χ0) is 11.5. The van der Waals surface area contributed by atoms with Gasteiger partial charge >= 0.3 is 5.97 Å². The van der Waals surface area contributed by atoms with Gasteiger partial charge in [0.25, 0.3) is 0 Å². The molecule has 2 heterocycles. The molecule has 1 amide bonds. The molecule has 0 aromatic heterocycles. The highest BCUT2D eigenvalue weighted by Crippen LogP contribution is 2.13. The van der Waals surface area contributed by atoms with Crippen molar-refractivity contribution in [2.45, 2.75) is 25.0 Å². The summed E-state index contributed by atoms with van der Waals surface area (Å²) in [7, 11) is 0. The van der Waals surface area contributed by atoms with E-state index in [1.807, 2.05) is 0 Å². The average Bonchev–Trinajstić information content (AvgIpc) is 2.87. The lowest BCUT2D eigenvalue weighted by molar-refractivity contribution is -0.140. The zero-order valence-electron chi connectivity index (χ0n) is 8.73. The van der Waals surface area contributed by atoms with Gasteiger partial charge in [-0.05, 0) is 19.4 Å². The molecule has 0 saturated carbocycles. The van der Waals surface area contributed by atoms with Crippen LogP contribution < -0.4 is 10.6 Å². The van der Waals surface area contributed by atoms with Gasteiger partial charge in [-0.15, -0.1) is 0 Å². The van der Waals surface area contributed by atoms with Crippen molar-refractivity contribution >= 4 is 11.9 Å². The van der Waals surface area contributed by atoms with Crippen LogP contribution in [0.5, 0.6) is 0 Å². The van der Waals surface area contributed by atoms with E-state index in [2.05, 4.69) is 10.6 Å². The van der Waals surface area contributed by atoms with Gasteiger partial charge in [0.05, 0.1) is 18.3 Å². The standard InChI is InChI=1S/C10H14N2O4/c13-5-8-7(4-9(14)16-8)12-10(15)6-2-1-3-11-6/h4,6,8,11,13H,1-3,5H2,(H,12,15). The van der Waals surface area contributed by atoms with Crippen LogP contribution in [0.3, 0.4) is 0 Å². The number of carbonyl (C=O) groups excluding carboxylic acids is 2. The van der Waals surface area contributed by atoms with Gasteiger partial charge in [0.1, 0.15) is 0 Å². The number of aliphatic hydroxyl groups excluding tert-OH is 1. The first-order valence-corrected chi connectivity index (χ1v) is 5.28. The Hall–Kier alpha value is -1.40. The smallest absolute Gasteiger partial charge is 0.333 e. The minimum atomic E-state index is -0.738. The molecule has 16 heavy (non-hydrogen) atoms. The van der Waals surface area contributed by atoms with E-state index < -0.39 is 12.1 Å². The Morgan fingerprint density at radius 3 is 3.12 bits per heavy atom. The second-order valence-electron chi connectivity index (χ2n) is 3.85. The average molecular weight is 226 g/mol. The van der Waals surface area contributed by atoms with Crippen LogP contribution in [0.2, 0.25) is 0 Å². The van der Waals surface area contributed by atoms with Gasteiger partial charge in [0.15, 0.2) is 6.10 Å². The van der Waals surface area contributed by atoms with Crippen molar-refractivity contribution in [3.8, 4) is 0 Å². The predicted molar refractivity (Wildman–Crippen MR) is 54.2 cm³/mol. The van der Waals surface area contributed by atoms with Crippen molar-refractivity contribution in [1.29, 1.82) is 0 Å². The Morgan fingerprint density at radius 1 is 1.69 bits per heavy atom. The van der Waals surface area contributed by atoms with Gasteiger partial charge in [-0.1, -0.05) is 0 Å². The third-order valence-electron chi connectivity index (χ3n) is 2.69. The molecule has 1 saturated heterocycles. The van der Waals surface area contributed by atoms with E-state index in [9.17, 15) is 9.59 Å². The molecule has 3 N–H and O–H groups in total. The monoisotopic (exact) mass is 226 g/mol. The highest BCUT2D eigenvalue weighted by molar-refractivity contribution is 5.89. The number of esters is 1. The number of ether oxygens (including phenoxy) is 1. The van der Waals surface area contributed by atoms with Gasteiger partial charge in [-0.3, -0.25) is 4.79 Å². The quantitative estimate of drug-likeness (QED) is 0.518. The van der Waals surface area contributed by atoms with Crippen molar-refractivity contribution in [3.63, 3.8) is 0 Å². The largest absolute Gasteiger partial charge is 0.450 e. The Kier molecular flexibility index (Phi) is 3.21. The number of hydrogen-bond acceptors (Lipinski definition) is 5. The van der Waals surface area contributed by atoms with E-state index in [1.165, 1.54) is 6.08 Å². The Bertz CT molecular complexity index is 334. The van der Waals surface area contributed by atoms with Crippen molar-refractivity contribution in [2.75, 3.05) is 13.2 Å². The summed E-state index contributed by atoms with van der Waals surface area (Å²) in [6, 6.07) is -0.212. The Labute approximate surface area is 92.7 Å². The van der Waals surface area contributed by atoms with Gasteiger partial charge in [0, 0.05) is 6.08 Å². The molecule has 0 aliphatic carbocycles. The normalized spacial score (nSPS) is 28.8. The second kappa shape index (κ2) is 4.63. The molecule has 2 aliphatic rings. The molecule has 0 radical (unpaired) electrons. The second-order valence-corrected chi connectivity index (χ2v) is 3.85. The molecule has 2 atom stereocenters. The summed E-state index contributed by atoms with van der Waals surface area (Å²) in [5, 5.41) is 14.6. The number of nitrogens with one attached hydrogen (secondary N) is 2. The van der Waals surface area contributed by atoms with Crippen molar-refractivity contribution in [1.82, 2.24) is 10.6 Å². The summed E-state index contributed by atoms with van der Waals surface area (Å²) in [4.78, 5) is 22.7. The first kappa shape index (κ1) is 11.1. The highest BCUT2D eigenvalue weighted by Gasteiger charge is 2.29. The summed E-state index contributed by atoms with van der Waals surface area (Å²) in [5.41, 5.74) is 0.339. The molecule has 2 rings (SSSR count). The van der Waals surface area contributed by atoms with E-state index in [-0.39, 0.29) is 18.6 Å². The maximum atomic E-state index is 11.7. The van der Waals surface area contributed by atoms with Crippen LogP contribution in [0.4, 0.5) is 0 Å². The fourth-order valence-corrected chi connectivity index (χ4v) is 1.85. The molecule has 6 nitrogen and oxygen atoms in total. The summed E-state index contributed by atoms with van der Waals surface area (Å²) >= 11 is 0. The summed E-state index contributed by atoms with van der Waals surface area (Å²) in [5.74, 6) is -0.714. The minimum Gasteiger partial charge on any atom is -0.450 e. The fraction of sp³-hybridized carbons (Fsp3) is 0.600. The number of aliphatic hydroxyl groups is 1. The molecule has 0 bridgehead atoms. The van der Waals surface area contributed by atoms with Crippen LogP contribution in [0.25, 0.3) is 0 Å². The third kappa shape index (κ3) is 2.23. The lowest BCUT2D eigenvalue weighted by Gasteiger charge is -2.15. The SMILES string of the molecule is O=C1C=C(NC(=O)C2CCCN2)C(CO)O1. The Morgan fingerprint density at radius 2 is 2.50 bits per heavy atom. The van der Waals surface area contributed by atoms with Crippen LogP contribution in [-0.4, -0.2) is 42.3 Å². The molecular formula is C10H14N2O4. The van der Waals surface area contributed by atoms with E-state index in [1.54, 1.807) is 0 Å². The third-order valence-corrected chi connectivity index (χ3v) is 2.69. The number of carbonyl (C=O) groups is 2. The molecule has 1 fully saturated rings. The van der Waals surface area contributed by atoms with Gasteiger partial charge in [-0.25, -0.2) is 4.79 Å². The van der Waals surface area contributed by atoms with Crippen LogP contribution in [0.1, 0.15) is 12.8 Å². The van der Waals surface area contributed by atoms with Gasteiger partial charge < -0.3 is 20.5 Å². The molecule has 0 spiro atoms. The number of hydrogen-bond donors (Lipinski definition) is 3. The van der Waals surface area contributed by atoms with Crippen molar-refractivity contribution in [3.05, 3.63) is 11.8 Å². The lowest BCUT2D eigenvalue weighted by atomic mass is 10.2. The molecule has 6 heteroatoms. The first-order valence-electron chi connectivity index (χ1n) is 5.28. The maximum absolute atomic E-state index is 11.7. The maximum Gasteiger partial charge on any atom is 0.333 e. The van der Waals surface area contributed by atoms with Gasteiger partial charge in [0.2, 0.25) is 5.91 Å². The van der Waals surface area contributed by atoms with E-state index >= 15 is 0 Å². The molecule has 88 valence electrons. The molecular weight excluding hydrogens is 212 g/mol. The van der Waals surface area contributed by atoms with E-state index in [4.69, 9.17) is 9.84 Å². The summed E-state index contributed by atoms with van der Waals surface area (Å²) in [6.45, 7) is 0.506. The van der Waals surface area contributed by atoms with Crippen LogP contribution in [0.15, 0.2) is 11.8 Å².